The lowest BCUT2D eigenvalue weighted by Crippen LogP contribution is -2.19. The van der Waals surface area contributed by atoms with Crippen LogP contribution in [0.2, 0.25) is 0 Å². The van der Waals surface area contributed by atoms with Crippen LogP contribution in [0.5, 0.6) is 5.88 Å². The van der Waals surface area contributed by atoms with Crippen molar-refractivity contribution in [1.82, 2.24) is 4.98 Å². The summed E-state index contributed by atoms with van der Waals surface area (Å²) >= 11 is 5.86. The molecule has 0 N–H and O–H groups in total. The number of aromatic nitrogens is 1. The van der Waals surface area contributed by atoms with E-state index in [4.69, 9.17) is 16.3 Å². The number of methoxy groups -OCH3 is 1. The zero-order chi connectivity index (χ0) is 10.7. The molecule has 4 heteroatoms. The smallest absolute Gasteiger partial charge is 0.214 e. The second-order valence-corrected chi connectivity index (χ2v) is 4.12. The number of ether oxygens (including phenoxy) is 1. The van der Waals surface area contributed by atoms with E-state index >= 15 is 0 Å². The summed E-state index contributed by atoms with van der Waals surface area (Å²) in [6.07, 6.45) is 2.95. The normalized spacial score (nSPS) is 20.7. The van der Waals surface area contributed by atoms with E-state index in [1.807, 2.05) is 12.1 Å². The van der Waals surface area contributed by atoms with Gasteiger partial charge in [-0.15, -0.1) is 11.6 Å². The minimum absolute atomic E-state index is 0.617. The van der Waals surface area contributed by atoms with Gasteiger partial charge in [-0.1, -0.05) is 0 Å². The molecule has 1 saturated heterocycles. The van der Waals surface area contributed by atoms with E-state index in [0.29, 0.717) is 11.8 Å². The van der Waals surface area contributed by atoms with Gasteiger partial charge in [0.05, 0.1) is 7.11 Å². The van der Waals surface area contributed by atoms with Crippen LogP contribution in [-0.4, -0.2) is 31.1 Å². The molecule has 1 aromatic heterocycles. The van der Waals surface area contributed by atoms with Gasteiger partial charge < -0.3 is 9.64 Å². The Morgan fingerprint density at radius 3 is 3.20 bits per heavy atom. The van der Waals surface area contributed by atoms with Crippen LogP contribution in [0.3, 0.4) is 0 Å². The Hall–Kier alpha value is -0.960. The highest BCUT2D eigenvalue weighted by Crippen LogP contribution is 2.25. The highest BCUT2D eigenvalue weighted by Gasteiger charge is 2.21. The van der Waals surface area contributed by atoms with Crippen molar-refractivity contribution in [3.8, 4) is 5.88 Å². The fourth-order valence-electron chi connectivity index (χ4n) is 1.90. The molecular weight excluding hydrogens is 212 g/mol. The van der Waals surface area contributed by atoms with E-state index in [1.54, 1.807) is 13.3 Å². The molecule has 0 radical (unpaired) electrons. The molecule has 1 fully saturated rings. The molecule has 0 aromatic carbocycles. The van der Waals surface area contributed by atoms with Crippen LogP contribution in [0, 0.1) is 5.92 Å². The topological polar surface area (TPSA) is 25.4 Å². The van der Waals surface area contributed by atoms with Gasteiger partial charge in [-0.05, 0) is 18.4 Å². The van der Waals surface area contributed by atoms with E-state index in [9.17, 15) is 0 Å². The van der Waals surface area contributed by atoms with Crippen molar-refractivity contribution in [2.75, 3.05) is 31.0 Å². The maximum atomic E-state index is 5.86. The first kappa shape index (κ1) is 10.6. The predicted octanol–water partition coefficient (Wildman–Crippen LogP) is 2.16. The van der Waals surface area contributed by atoms with Gasteiger partial charge >= 0.3 is 0 Å². The van der Waals surface area contributed by atoms with E-state index in [2.05, 4.69) is 9.88 Å². The van der Waals surface area contributed by atoms with E-state index in [1.165, 1.54) is 12.1 Å². The summed E-state index contributed by atoms with van der Waals surface area (Å²) in [6.45, 7) is 2.11. The Morgan fingerprint density at radius 1 is 1.67 bits per heavy atom. The summed E-state index contributed by atoms with van der Waals surface area (Å²) in [4.78, 5) is 6.42. The van der Waals surface area contributed by atoms with Crippen LogP contribution < -0.4 is 9.64 Å². The molecule has 2 heterocycles. The number of alkyl halides is 1. The lowest BCUT2D eigenvalue weighted by atomic mass is 10.2. The second-order valence-electron chi connectivity index (χ2n) is 3.81. The third-order valence-electron chi connectivity index (χ3n) is 2.80. The number of nitrogens with zero attached hydrogens (tertiary/aromatic N) is 2. The molecule has 0 aliphatic carbocycles. The maximum absolute atomic E-state index is 5.86. The van der Waals surface area contributed by atoms with Gasteiger partial charge in [0, 0.05) is 36.9 Å². The lowest BCUT2D eigenvalue weighted by molar-refractivity contribution is 0.398. The Balaban J connectivity index is 2.09. The first-order valence-corrected chi connectivity index (χ1v) is 5.68. The predicted molar refractivity (Wildman–Crippen MR) is 61.8 cm³/mol. The number of pyridine rings is 1. The Kier molecular flexibility index (Phi) is 3.31. The molecule has 2 rings (SSSR count). The van der Waals surface area contributed by atoms with Crippen molar-refractivity contribution in [1.29, 1.82) is 0 Å². The van der Waals surface area contributed by atoms with Crippen molar-refractivity contribution in [3.63, 3.8) is 0 Å². The van der Waals surface area contributed by atoms with Gasteiger partial charge in [0.15, 0.2) is 0 Å². The number of anilines is 1. The van der Waals surface area contributed by atoms with Crippen molar-refractivity contribution >= 4 is 17.3 Å². The molecule has 0 bridgehead atoms. The highest BCUT2D eigenvalue weighted by molar-refractivity contribution is 6.18. The van der Waals surface area contributed by atoms with Crippen molar-refractivity contribution < 1.29 is 4.74 Å². The fourth-order valence-corrected chi connectivity index (χ4v) is 2.15. The number of halogens is 1. The van der Waals surface area contributed by atoms with Crippen molar-refractivity contribution in [3.05, 3.63) is 18.3 Å². The summed E-state index contributed by atoms with van der Waals surface area (Å²) in [5.41, 5.74) is 1.18. The summed E-state index contributed by atoms with van der Waals surface area (Å²) in [5.74, 6) is 2.03. The third kappa shape index (κ3) is 2.34. The molecule has 0 saturated carbocycles. The summed E-state index contributed by atoms with van der Waals surface area (Å²) in [7, 11) is 1.64. The van der Waals surface area contributed by atoms with E-state index < -0.39 is 0 Å². The van der Waals surface area contributed by atoms with Crippen LogP contribution in [0.15, 0.2) is 18.3 Å². The van der Waals surface area contributed by atoms with Crippen molar-refractivity contribution in [2.45, 2.75) is 6.42 Å². The van der Waals surface area contributed by atoms with Crippen LogP contribution in [-0.2, 0) is 0 Å². The molecule has 82 valence electrons. The van der Waals surface area contributed by atoms with E-state index in [-0.39, 0.29) is 0 Å². The SMILES string of the molecule is COc1cc(N2CCC(CCl)C2)ccn1. The Morgan fingerprint density at radius 2 is 2.53 bits per heavy atom. The summed E-state index contributed by atoms with van der Waals surface area (Å²) in [6, 6.07) is 3.98. The van der Waals surface area contributed by atoms with Gasteiger partial charge in [-0.3, -0.25) is 0 Å². The molecule has 1 aliphatic heterocycles. The lowest BCUT2D eigenvalue weighted by Gasteiger charge is -2.18. The number of hydrogen-bond donors (Lipinski definition) is 0. The minimum Gasteiger partial charge on any atom is -0.481 e. The number of rotatable bonds is 3. The van der Waals surface area contributed by atoms with Gasteiger partial charge in [-0.2, -0.15) is 0 Å². The first-order valence-electron chi connectivity index (χ1n) is 5.14. The van der Waals surface area contributed by atoms with Crippen LogP contribution in [0.1, 0.15) is 6.42 Å². The molecule has 0 amide bonds. The molecule has 1 atom stereocenters. The second kappa shape index (κ2) is 4.71. The Bertz CT molecular complexity index is 332. The maximum Gasteiger partial charge on any atom is 0.214 e. The standard InChI is InChI=1S/C11H15ClN2O/c1-15-11-6-10(2-4-13-11)14-5-3-9(7-12)8-14/h2,4,6,9H,3,5,7-8H2,1H3. The largest absolute Gasteiger partial charge is 0.481 e. The van der Waals surface area contributed by atoms with Crippen molar-refractivity contribution in [2.24, 2.45) is 5.92 Å². The van der Waals surface area contributed by atoms with Crippen LogP contribution in [0.25, 0.3) is 0 Å². The highest BCUT2D eigenvalue weighted by atomic mass is 35.5. The quantitative estimate of drug-likeness (QED) is 0.739. The Labute approximate surface area is 95.0 Å². The van der Waals surface area contributed by atoms with Gasteiger partial charge in [0.25, 0.3) is 0 Å². The fraction of sp³-hybridized carbons (Fsp3) is 0.545. The van der Waals surface area contributed by atoms with Gasteiger partial charge in [0.2, 0.25) is 5.88 Å². The van der Waals surface area contributed by atoms with Gasteiger partial charge in [-0.25, -0.2) is 4.98 Å². The molecule has 0 spiro atoms. The minimum atomic E-state index is 0.617. The zero-order valence-electron chi connectivity index (χ0n) is 8.82. The first-order chi connectivity index (χ1) is 7.33. The van der Waals surface area contributed by atoms with E-state index in [0.717, 1.165) is 19.0 Å². The molecule has 1 unspecified atom stereocenters. The zero-order valence-corrected chi connectivity index (χ0v) is 9.57. The molecular formula is C11H15ClN2O. The molecule has 1 aliphatic rings. The molecule has 3 nitrogen and oxygen atoms in total. The average Bonchev–Trinajstić information content (AvgIpc) is 2.78. The average molecular weight is 227 g/mol. The summed E-state index contributed by atoms with van der Waals surface area (Å²) < 4.78 is 5.10. The van der Waals surface area contributed by atoms with Crippen LogP contribution in [0.4, 0.5) is 5.69 Å². The molecule has 1 aromatic rings. The third-order valence-corrected chi connectivity index (χ3v) is 3.23. The molecule has 15 heavy (non-hydrogen) atoms. The summed E-state index contributed by atoms with van der Waals surface area (Å²) in [5, 5.41) is 0. The van der Waals surface area contributed by atoms with Gasteiger partial charge in [0.1, 0.15) is 0 Å². The van der Waals surface area contributed by atoms with Crippen LogP contribution >= 0.6 is 11.6 Å². The monoisotopic (exact) mass is 226 g/mol. The number of hydrogen-bond acceptors (Lipinski definition) is 3.